The molecule has 1 N–H and O–H groups in total. The van der Waals surface area contributed by atoms with E-state index in [1.165, 1.54) is 7.11 Å². The summed E-state index contributed by atoms with van der Waals surface area (Å²) in [5.41, 5.74) is 2.93. The van der Waals surface area contributed by atoms with Crippen molar-refractivity contribution in [1.82, 2.24) is 20.2 Å². The molecule has 7 nitrogen and oxygen atoms in total. The van der Waals surface area contributed by atoms with Gasteiger partial charge in [-0.05, 0) is 31.9 Å². The van der Waals surface area contributed by atoms with E-state index >= 15 is 0 Å². The molecule has 0 aliphatic heterocycles. The van der Waals surface area contributed by atoms with Crippen LogP contribution < -0.4 is 4.74 Å². The van der Waals surface area contributed by atoms with E-state index in [0.29, 0.717) is 23.8 Å². The summed E-state index contributed by atoms with van der Waals surface area (Å²) in [6.07, 6.45) is 0.480. The van der Waals surface area contributed by atoms with Crippen molar-refractivity contribution < 1.29 is 14.6 Å². The SMILES string of the molecule is COc1ccc(-c2nc(C)c(CCC(=O)O)c(C)n2)nn1. The van der Waals surface area contributed by atoms with Gasteiger partial charge in [-0.2, -0.15) is 0 Å². The number of rotatable bonds is 5. The van der Waals surface area contributed by atoms with Gasteiger partial charge in [-0.15, -0.1) is 10.2 Å². The number of carbonyl (C=O) groups is 1. The molecule has 0 aromatic carbocycles. The van der Waals surface area contributed by atoms with Crippen molar-refractivity contribution in [2.24, 2.45) is 0 Å². The van der Waals surface area contributed by atoms with Crippen LogP contribution in [-0.4, -0.2) is 38.4 Å². The van der Waals surface area contributed by atoms with Crippen LogP contribution in [0.25, 0.3) is 11.5 Å². The lowest BCUT2D eigenvalue weighted by Gasteiger charge is -2.09. The van der Waals surface area contributed by atoms with Crippen molar-refractivity contribution in [2.45, 2.75) is 26.7 Å². The monoisotopic (exact) mass is 288 g/mol. The average molecular weight is 288 g/mol. The third-order valence-corrected chi connectivity index (χ3v) is 3.09. The van der Waals surface area contributed by atoms with Gasteiger partial charge in [0.05, 0.1) is 7.11 Å². The molecule has 0 bridgehead atoms. The first-order chi connectivity index (χ1) is 10.0. The molecule has 0 radical (unpaired) electrons. The summed E-state index contributed by atoms with van der Waals surface area (Å²) >= 11 is 0. The summed E-state index contributed by atoms with van der Waals surface area (Å²) in [5.74, 6) is 0.0587. The summed E-state index contributed by atoms with van der Waals surface area (Å²) in [6, 6.07) is 3.42. The quantitative estimate of drug-likeness (QED) is 0.891. The molecule has 2 rings (SSSR count). The number of ether oxygens (including phenoxy) is 1. The van der Waals surface area contributed by atoms with E-state index in [2.05, 4.69) is 20.2 Å². The molecule has 0 saturated carbocycles. The third kappa shape index (κ3) is 3.50. The molecule has 0 atom stereocenters. The number of methoxy groups -OCH3 is 1. The van der Waals surface area contributed by atoms with Gasteiger partial charge in [-0.3, -0.25) is 4.79 Å². The second kappa shape index (κ2) is 6.25. The fourth-order valence-electron chi connectivity index (χ4n) is 2.00. The molecule has 0 unspecified atom stereocenters. The number of carboxylic acid groups (broad SMARTS) is 1. The van der Waals surface area contributed by atoms with Crippen LogP contribution >= 0.6 is 0 Å². The maximum atomic E-state index is 10.7. The van der Waals surface area contributed by atoms with Crippen molar-refractivity contribution in [3.8, 4) is 17.4 Å². The maximum absolute atomic E-state index is 10.7. The van der Waals surface area contributed by atoms with Crippen LogP contribution in [0.5, 0.6) is 5.88 Å². The summed E-state index contributed by atoms with van der Waals surface area (Å²) in [7, 11) is 1.52. The third-order valence-electron chi connectivity index (χ3n) is 3.09. The van der Waals surface area contributed by atoms with Crippen molar-refractivity contribution >= 4 is 5.97 Å². The zero-order chi connectivity index (χ0) is 15.4. The van der Waals surface area contributed by atoms with Crippen LogP contribution in [0.3, 0.4) is 0 Å². The van der Waals surface area contributed by atoms with Gasteiger partial charge in [-0.1, -0.05) is 0 Å². The molecular weight excluding hydrogens is 272 g/mol. The minimum absolute atomic E-state index is 0.0622. The van der Waals surface area contributed by atoms with Gasteiger partial charge < -0.3 is 9.84 Å². The summed E-state index contributed by atoms with van der Waals surface area (Å²) in [4.78, 5) is 19.5. The van der Waals surface area contributed by atoms with E-state index in [1.54, 1.807) is 12.1 Å². The second-order valence-corrected chi connectivity index (χ2v) is 4.55. The number of carboxylic acids is 1. The molecule has 2 aromatic rings. The molecule has 0 aliphatic rings. The smallest absolute Gasteiger partial charge is 0.303 e. The Balaban J connectivity index is 2.31. The summed E-state index contributed by atoms with van der Waals surface area (Å²) < 4.78 is 4.96. The fourth-order valence-corrected chi connectivity index (χ4v) is 2.00. The summed E-state index contributed by atoms with van der Waals surface area (Å²) in [6.45, 7) is 3.68. The molecule has 2 aromatic heterocycles. The molecular formula is C14H16N4O3. The van der Waals surface area contributed by atoms with E-state index in [9.17, 15) is 4.79 Å². The Bertz CT molecular complexity index is 633. The lowest BCUT2D eigenvalue weighted by molar-refractivity contribution is -0.136. The van der Waals surface area contributed by atoms with Crippen LogP contribution in [0.4, 0.5) is 0 Å². The number of nitrogens with zero attached hydrogens (tertiary/aromatic N) is 4. The van der Waals surface area contributed by atoms with Gasteiger partial charge in [0.15, 0.2) is 5.82 Å². The molecule has 110 valence electrons. The van der Waals surface area contributed by atoms with Gasteiger partial charge in [0.2, 0.25) is 5.88 Å². The van der Waals surface area contributed by atoms with E-state index in [0.717, 1.165) is 17.0 Å². The molecule has 0 spiro atoms. The minimum Gasteiger partial charge on any atom is -0.481 e. The molecule has 0 amide bonds. The minimum atomic E-state index is -0.834. The van der Waals surface area contributed by atoms with E-state index in [1.807, 2.05) is 13.8 Å². The van der Waals surface area contributed by atoms with Crippen LogP contribution in [0.1, 0.15) is 23.4 Å². The Morgan fingerprint density at radius 2 is 1.86 bits per heavy atom. The van der Waals surface area contributed by atoms with Crippen molar-refractivity contribution in [1.29, 1.82) is 0 Å². The first-order valence-corrected chi connectivity index (χ1v) is 6.45. The molecule has 0 fully saturated rings. The Kier molecular flexibility index (Phi) is 4.42. The van der Waals surface area contributed by atoms with Gasteiger partial charge in [0.1, 0.15) is 5.69 Å². The number of aromatic nitrogens is 4. The van der Waals surface area contributed by atoms with Crippen molar-refractivity contribution in [3.05, 3.63) is 29.1 Å². The summed E-state index contributed by atoms with van der Waals surface area (Å²) in [5, 5.41) is 16.7. The van der Waals surface area contributed by atoms with Crippen LogP contribution in [-0.2, 0) is 11.2 Å². The average Bonchev–Trinajstić information content (AvgIpc) is 2.46. The predicted molar refractivity (Wildman–Crippen MR) is 75.0 cm³/mol. The first-order valence-electron chi connectivity index (χ1n) is 6.45. The number of aryl methyl sites for hydroxylation is 2. The lowest BCUT2D eigenvalue weighted by atomic mass is 10.1. The largest absolute Gasteiger partial charge is 0.481 e. The number of hydrogen-bond acceptors (Lipinski definition) is 6. The second-order valence-electron chi connectivity index (χ2n) is 4.55. The van der Waals surface area contributed by atoms with E-state index < -0.39 is 5.97 Å². The Hall–Kier alpha value is -2.57. The highest BCUT2D eigenvalue weighted by Gasteiger charge is 2.12. The topological polar surface area (TPSA) is 98.1 Å². The van der Waals surface area contributed by atoms with Gasteiger partial charge >= 0.3 is 5.97 Å². The highest BCUT2D eigenvalue weighted by Crippen LogP contribution is 2.19. The number of aliphatic carboxylic acids is 1. The molecule has 7 heteroatoms. The maximum Gasteiger partial charge on any atom is 0.303 e. The fraction of sp³-hybridized carbons (Fsp3) is 0.357. The van der Waals surface area contributed by atoms with Gasteiger partial charge in [0, 0.05) is 23.9 Å². The van der Waals surface area contributed by atoms with E-state index in [-0.39, 0.29) is 6.42 Å². The zero-order valence-electron chi connectivity index (χ0n) is 12.1. The van der Waals surface area contributed by atoms with Crippen LogP contribution in [0, 0.1) is 13.8 Å². The molecule has 2 heterocycles. The zero-order valence-corrected chi connectivity index (χ0v) is 12.1. The Morgan fingerprint density at radius 3 is 2.33 bits per heavy atom. The normalized spacial score (nSPS) is 10.4. The number of hydrogen-bond donors (Lipinski definition) is 1. The highest BCUT2D eigenvalue weighted by atomic mass is 16.5. The van der Waals surface area contributed by atoms with E-state index in [4.69, 9.17) is 9.84 Å². The van der Waals surface area contributed by atoms with Gasteiger partial charge in [-0.25, -0.2) is 9.97 Å². The lowest BCUT2D eigenvalue weighted by Crippen LogP contribution is -2.06. The van der Waals surface area contributed by atoms with Gasteiger partial charge in [0.25, 0.3) is 0 Å². The van der Waals surface area contributed by atoms with Crippen molar-refractivity contribution in [2.75, 3.05) is 7.11 Å². The van der Waals surface area contributed by atoms with Crippen LogP contribution in [0.15, 0.2) is 12.1 Å². The molecule has 21 heavy (non-hydrogen) atoms. The standard InChI is InChI=1S/C14H16N4O3/c1-8-10(4-7-13(19)20)9(2)16-14(15-8)11-5-6-12(21-3)18-17-11/h5-6H,4,7H2,1-3H3,(H,19,20). The Labute approximate surface area is 122 Å². The molecule has 0 saturated heterocycles. The molecule has 0 aliphatic carbocycles. The van der Waals surface area contributed by atoms with Crippen LogP contribution in [0.2, 0.25) is 0 Å². The van der Waals surface area contributed by atoms with Crippen molar-refractivity contribution in [3.63, 3.8) is 0 Å². The Morgan fingerprint density at radius 1 is 1.19 bits per heavy atom. The first kappa shape index (κ1) is 14.8. The predicted octanol–water partition coefficient (Wildman–Crippen LogP) is 1.58. The highest BCUT2D eigenvalue weighted by molar-refractivity contribution is 5.67.